The first-order valence-corrected chi connectivity index (χ1v) is 4.70. The Hall–Kier alpha value is -0.770. The lowest BCUT2D eigenvalue weighted by atomic mass is 9.93. The van der Waals surface area contributed by atoms with Crippen LogP contribution in [0.5, 0.6) is 0 Å². The van der Waals surface area contributed by atoms with Crippen LogP contribution in [-0.4, -0.2) is 36.0 Å². The van der Waals surface area contributed by atoms with Crippen molar-refractivity contribution >= 4 is 5.96 Å². The number of likely N-dealkylation sites (tertiary alicyclic amines) is 1. The maximum atomic E-state index is 5.25. The van der Waals surface area contributed by atoms with Gasteiger partial charge in [-0.15, -0.1) is 0 Å². The zero-order valence-electron chi connectivity index (χ0n) is 8.75. The van der Waals surface area contributed by atoms with Crippen LogP contribution in [0.3, 0.4) is 0 Å². The number of nitrogens with zero attached hydrogens (tertiary/aromatic N) is 2. The van der Waals surface area contributed by atoms with Crippen LogP contribution < -0.4 is 11.5 Å². The predicted molar refractivity (Wildman–Crippen MR) is 55.5 cm³/mol. The molecule has 4 heteroatoms. The van der Waals surface area contributed by atoms with Gasteiger partial charge in [-0.2, -0.15) is 0 Å². The van der Waals surface area contributed by atoms with Crippen LogP contribution in [0, 0.1) is 5.92 Å². The van der Waals surface area contributed by atoms with Crippen molar-refractivity contribution in [3.8, 4) is 0 Å². The van der Waals surface area contributed by atoms with Gasteiger partial charge >= 0.3 is 0 Å². The Morgan fingerprint density at radius 3 is 2.31 bits per heavy atom. The second kappa shape index (κ2) is 3.54. The predicted octanol–water partition coefficient (Wildman–Crippen LogP) is -0.00990. The minimum absolute atomic E-state index is 0.203. The number of hydrogen-bond donors (Lipinski definition) is 2. The molecule has 0 aliphatic carbocycles. The van der Waals surface area contributed by atoms with Gasteiger partial charge < -0.3 is 11.5 Å². The molecule has 1 aliphatic rings. The van der Waals surface area contributed by atoms with Crippen LogP contribution in [-0.2, 0) is 0 Å². The van der Waals surface area contributed by atoms with Gasteiger partial charge in [0.25, 0.3) is 0 Å². The molecule has 0 aromatic carbocycles. The first-order valence-electron chi connectivity index (χ1n) is 4.70. The second-order valence-corrected chi connectivity index (χ2v) is 4.71. The molecule has 4 nitrogen and oxygen atoms in total. The molecule has 0 amide bonds. The van der Waals surface area contributed by atoms with Gasteiger partial charge in [-0.3, -0.25) is 9.89 Å². The molecule has 13 heavy (non-hydrogen) atoms. The summed E-state index contributed by atoms with van der Waals surface area (Å²) in [6, 6.07) is 0. The summed E-state index contributed by atoms with van der Waals surface area (Å²) >= 11 is 0. The first-order chi connectivity index (χ1) is 5.89. The van der Waals surface area contributed by atoms with E-state index in [1.165, 1.54) is 0 Å². The highest BCUT2D eigenvalue weighted by Gasteiger charge is 2.33. The number of aliphatic imine (C=N–C) groups is 1. The highest BCUT2D eigenvalue weighted by Crippen LogP contribution is 2.25. The smallest absolute Gasteiger partial charge is 0.185 e. The average Bonchev–Trinajstić information content (AvgIpc) is 1.79. The maximum Gasteiger partial charge on any atom is 0.185 e. The van der Waals surface area contributed by atoms with E-state index in [2.05, 4.69) is 30.7 Å². The van der Waals surface area contributed by atoms with Crippen LogP contribution in [0.15, 0.2) is 4.99 Å². The summed E-state index contributed by atoms with van der Waals surface area (Å²) in [5, 5.41) is 0. The Morgan fingerprint density at radius 1 is 1.38 bits per heavy atom. The molecular weight excluding hydrogens is 164 g/mol. The van der Waals surface area contributed by atoms with Gasteiger partial charge in [0.1, 0.15) is 0 Å². The van der Waals surface area contributed by atoms with E-state index < -0.39 is 0 Å². The molecule has 4 N–H and O–H groups in total. The van der Waals surface area contributed by atoms with Crippen LogP contribution in [0.2, 0.25) is 0 Å². The molecule has 1 fully saturated rings. The van der Waals surface area contributed by atoms with E-state index >= 15 is 0 Å². The van der Waals surface area contributed by atoms with Crippen LogP contribution in [0.4, 0.5) is 0 Å². The molecule has 76 valence electrons. The molecule has 0 aromatic heterocycles. The minimum Gasteiger partial charge on any atom is -0.370 e. The van der Waals surface area contributed by atoms with E-state index in [1.54, 1.807) is 0 Å². The van der Waals surface area contributed by atoms with Crippen molar-refractivity contribution in [1.29, 1.82) is 0 Å². The molecule has 0 saturated carbocycles. The van der Waals surface area contributed by atoms with Gasteiger partial charge in [0.2, 0.25) is 0 Å². The third kappa shape index (κ3) is 2.88. The van der Waals surface area contributed by atoms with Crippen LogP contribution in [0.1, 0.15) is 20.8 Å². The molecule has 0 aromatic rings. The van der Waals surface area contributed by atoms with E-state index in [1.807, 2.05) is 0 Å². The third-order valence-corrected chi connectivity index (χ3v) is 2.44. The van der Waals surface area contributed by atoms with Crippen molar-refractivity contribution in [1.82, 2.24) is 4.90 Å². The molecule has 0 unspecified atom stereocenters. The van der Waals surface area contributed by atoms with Gasteiger partial charge in [0, 0.05) is 31.1 Å². The second-order valence-electron chi connectivity index (χ2n) is 4.71. The van der Waals surface area contributed by atoms with E-state index in [9.17, 15) is 0 Å². The van der Waals surface area contributed by atoms with Crippen molar-refractivity contribution in [3.05, 3.63) is 0 Å². The molecule has 1 heterocycles. The summed E-state index contributed by atoms with van der Waals surface area (Å²) in [6.45, 7) is 9.67. The summed E-state index contributed by atoms with van der Waals surface area (Å²) < 4.78 is 0. The standard InChI is InChI=1S/C9H20N4/c1-9(2,3)13-5-7(6-13)4-12-8(10)11/h7H,4-6H2,1-3H3,(H4,10,11,12). The van der Waals surface area contributed by atoms with Crippen molar-refractivity contribution < 1.29 is 0 Å². The quantitative estimate of drug-likeness (QED) is 0.468. The number of hydrogen-bond acceptors (Lipinski definition) is 2. The fourth-order valence-corrected chi connectivity index (χ4v) is 1.47. The summed E-state index contributed by atoms with van der Waals surface area (Å²) in [5.74, 6) is 0.843. The molecule has 0 bridgehead atoms. The van der Waals surface area contributed by atoms with Gasteiger partial charge in [-0.25, -0.2) is 0 Å². The fourth-order valence-electron chi connectivity index (χ4n) is 1.47. The number of guanidine groups is 1. The molecule has 0 atom stereocenters. The van der Waals surface area contributed by atoms with Crippen LogP contribution in [0.25, 0.3) is 0 Å². The van der Waals surface area contributed by atoms with Gasteiger partial charge in [0.15, 0.2) is 5.96 Å². The van der Waals surface area contributed by atoms with Crippen molar-refractivity contribution in [2.45, 2.75) is 26.3 Å². The first kappa shape index (κ1) is 10.3. The summed E-state index contributed by atoms with van der Waals surface area (Å²) in [7, 11) is 0. The van der Waals surface area contributed by atoms with E-state index in [4.69, 9.17) is 11.5 Å². The van der Waals surface area contributed by atoms with Crippen molar-refractivity contribution in [2.24, 2.45) is 22.4 Å². The number of rotatable bonds is 2. The Kier molecular flexibility index (Phi) is 2.81. The van der Waals surface area contributed by atoms with Crippen molar-refractivity contribution in [2.75, 3.05) is 19.6 Å². The molecular formula is C9H20N4. The topological polar surface area (TPSA) is 67.6 Å². The monoisotopic (exact) mass is 184 g/mol. The lowest BCUT2D eigenvalue weighted by Crippen LogP contribution is -2.56. The van der Waals surface area contributed by atoms with Crippen molar-refractivity contribution in [3.63, 3.8) is 0 Å². The fraction of sp³-hybridized carbons (Fsp3) is 0.889. The Bertz CT molecular complexity index is 194. The number of nitrogens with two attached hydrogens (primary N) is 2. The molecule has 0 radical (unpaired) electrons. The summed E-state index contributed by atoms with van der Waals surface area (Å²) in [6.07, 6.45) is 0. The molecule has 1 rings (SSSR count). The maximum absolute atomic E-state index is 5.25. The normalized spacial score (nSPS) is 19.6. The highest BCUT2D eigenvalue weighted by atomic mass is 15.2. The van der Waals surface area contributed by atoms with Crippen LogP contribution >= 0.6 is 0 Å². The summed E-state index contributed by atoms with van der Waals surface area (Å²) in [5.41, 5.74) is 10.8. The third-order valence-electron chi connectivity index (χ3n) is 2.44. The lowest BCUT2D eigenvalue weighted by Gasteiger charge is -2.47. The zero-order valence-corrected chi connectivity index (χ0v) is 8.75. The Morgan fingerprint density at radius 2 is 1.92 bits per heavy atom. The minimum atomic E-state index is 0.203. The molecule has 1 saturated heterocycles. The largest absolute Gasteiger partial charge is 0.370 e. The summed E-state index contributed by atoms with van der Waals surface area (Å²) in [4.78, 5) is 6.44. The zero-order chi connectivity index (χ0) is 10.1. The van der Waals surface area contributed by atoms with E-state index in [0.717, 1.165) is 19.6 Å². The Labute approximate surface area is 80.0 Å². The molecule has 1 aliphatic heterocycles. The molecule has 0 spiro atoms. The lowest BCUT2D eigenvalue weighted by molar-refractivity contribution is 0.0184. The van der Waals surface area contributed by atoms with E-state index in [-0.39, 0.29) is 11.5 Å². The van der Waals surface area contributed by atoms with E-state index in [0.29, 0.717) is 5.92 Å². The van der Waals surface area contributed by atoms with Gasteiger partial charge in [0.05, 0.1) is 0 Å². The average molecular weight is 184 g/mol. The van der Waals surface area contributed by atoms with Gasteiger partial charge in [-0.1, -0.05) is 0 Å². The SMILES string of the molecule is CC(C)(C)N1CC(CN=C(N)N)C1. The highest BCUT2D eigenvalue weighted by molar-refractivity contribution is 5.75. The van der Waals surface area contributed by atoms with Gasteiger partial charge in [-0.05, 0) is 20.8 Å². The Balaban J connectivity index is 2.23.